The molecule has 0 amide bonds. The molecule has 1 aromatic rings. The van der Waals surface area contributed by atoms with Crippen LogP contribution in [0, 0.1) is 5.41 Å². The van der Waals surface area contributed by atoms with Crippen molar-refractivity contribution < 1.29 is 13.2 Å². The van der Waals surface area contributed by atoms with Crippen molar-refractivity contribution in [2.45, 2.75) is 51.5 Å². The number of nitrogens with zero attached hydrogens (tertiary/aromatic N) is 1. The van der Waals surface area contributed by atoms with Gasteiger partial charge in [0.2, 0.25) is 10.0 Å². The maximum Gasteiger partial charge on any atom is 0.241 e. The van der Waals surface area contributed by atoms with Gasteiger partial charge in [-0.15, -0.1) is 0 Å². The highest BCUT2D eigenvalue weighted by Crippen LogP contribution is 2.34. The molecule has 0 radical (unpaired) electrons. The van der Waals surface area contributed by atoms with Crippen LogP contribution in [0.2, 0.25) is 0 Å². The van der Waals surface area contributed by atoms with Crippen molar-refractivity contribution in [1.82, 2.24) is 4.72 Å². The Labute approximate surface area is 140 Å². The molecule has 23 heavy (non-hydrogen) atoms. The molecule has 0 saturated heterocycles. The number of sulfonamides is 1. The number of anilines is 1. The first-order valence-corrected chi connectivity index (χ1v) is 9.40. The molecule has 1 aliphatic rings. The summed E-state index contributed by atoms with van der Waals surface area (Å²) in [6, 6.07) is 5.02. The van der Waals surface area contributed by atoms with Crippen LogP contribution in [-0.4, -0.2) is 34.2 Å². The lowest BCUT2D eigenvalue weighted by Crippen LogP contribution is -2.45. The van der Waals surface area contributed by atoms with Crippen LogP contribution in [0.25, 0.3) is 0 Å². The Bertz CT molecular complexity index is 676. The van der Waals surface area contributed by atoms with Crippen LogP contribution < -0.4 is 14.4 Å². The Morgan fingerprint density at radius 3 is 2.48 bits per heavy atom. The predicted molar refractivity (Wildman–Crippen MR) is 93.7 cm³/mol. The van der Waals surface area contributed by atoms with Crippen molar-refractivity contribution in [1.29, 1.82) is 0 Å². The standard InChI is InChI=1S/C17H28N2O3S/c1-16(2,3)12-17(4,5)18-23(20,21)13-7-8-15-14(11-13)19(6)9-10-22-15/h7-8,11,18H,9-10,12H2,1-6H3. The maximum atomic E-state index is 12.8. The minimum Gasteiger partial charge on any atom is -0.490 e. The van der Waals surface area contributed by atoms with Gasteiger partial charge in [0.25, 0.3) is 0 Å². The van der Waals surface area contributed by atoms with E-state index in [1.54, 1.807) is 18.2 Å². The molecule has 6 heteroatoms. The fourth-order valence-corrected chi connectivity index (χ4v) is 4.71. The third kappa shape index (κ3) is 4.61. The Balaban J connectivity index is 2.28. The van der Waals surface area contributed by atoms with Gasteiger partial charge in [0, 0.05) is 12.6 Å². The molecule has 0 spiro atoms. The molecule has 0 atom stereocenters. The van der Waals surface area contributed by atoms with E-state index in [2.05, 4.69) is 25.5 Å². The van der Waals surface area contributed by atoms with Gasteiger partial charge < -0.3 is 9.64 Å². The molecule has 2 rings (SSSR count). The second-order valence-electron chi connectivity index (χ2n) is 8.13. The van der Waals surface area contributed by atoms with E-state index in [1.165, 1.54) is 0 Å². The van der Waals surface area contributed by atoms with E-state index in [-0.39, 0.29) is 10.3 Å². The van der Waals surface area contributed by atoms with Gasteiger partial charge in [0.15, 0.2) is 0 Å². The molecule has 1 aromatic carbocycles. The van der Waals surface area contributed by atoms with Crippen LogP contribution >= 0.6 is 0 Å². The van der Waals surface area contributed by atoms with Crippen LogP contribution in [0.3, 0.4) is 0 Å². The average molecular weight is 340 g/mol. The zero-order valence-corrected chi connectivity index (χ0v) is 15.8. The molecule has 5 nitrogen and oxygen atoms in total. The molecular weight excluding hydrogens is 312 g/mol. The third-order valence-electron chi connectivity index (χ3n) is 3.72. The van der Waals surface area contributed by atoms with E-state index in [9.17, 15) is 8.42 Å². The van der Waals surface area contributed by atoms with Crippen molar-refractivity contribution in [3.05, 3.63) is 18.2 Å². The molecule has 0 saturated carbocycles. The molecular formula is C17H28N2O3S. The van der Waals surface area contributed by atoms with E-state index < -0.39 is 15.6 Å². The van der Waals surface area contributed by atoms with E-state index in [0.717, 1.165) is 24.4 Å². The molecule has 1 aliphatic heterocycles. The van der Waals surface area contributed by atoms with Gasteiger partial charge in [0.1, 0.15) is 12.4 Å². The molecule has 0 aromatic heterocycles. The summed E-state index contributed by atoms with van der Waals surface area (Å²) in [5, 5.41) is 0. The highest BCUT2D eigenvalue weighted by molar-refractivity contribution is 7.89. The Hall–Kier alpha value is -1.27. The normalized spacial score (nSPS) is 16.0. The first-order chi connectivity index (χ1) is 10.4. The number of benzene rings is 1. The van der Waals surface area contributed by atoms with E-state index in [4.69, 9.17) is 4.74 Å². The Morgan fingerprint density at radius 1 is 1.22 bits per heavy atom. The lowest BCUT2D eigenvalue weighted by Gasteiger charge is -2.33. The minimum absolute atomic E-state index is 0.0376. The number of hydrogen-bond acceptors (Lipinski definition) is 4. The number of nitrogens with one attached hydrogen (secondary N) is 1. The van der Waals surface area contributed by atoms with Crippen LogP contribution in [0.4, 0.5) is 5.69 Å². The van der Waals surface area contributed by atoms with Crippen molar-refractivity contribution in [3.8, 4) is 5.75 Å². The Kier molecular flexibility index (Phi) is 4.70. The largest absolute Gasteiger partial charge is 0.490 e. The second-order valence-corrected chi connectivity index (χ2v) is 9.81. The summed E-state index contributed by atoms with van der Waals surface area (Å²) >= 11 is 0. The van der Waals surface area contributed by atoms with Gasteiger partial charge in [-0.3, -0.25) is 0 Å². The summed E-state index contributed by atoms with van der Waals surface area (Å²) in [7, 11) is -1.64. The fourth-order valence-electron chi connectivity index (χ4n) is 3.28. The zero-order valence-electron chi connectivity index (χ0n) is 14.9. The number of fused-ring (bicyclic) bond motifs is 1. The predicted octanol–water partition coefficient (Wildman–Crippen LogP) is 3.01. The molecule has 0 bridgehead atoms. The van der Waals surface area contributed by atoms with Gasteiger partial charge in [-0.2, -0.15) is 0 Å². The van der Waals surface area contributed by atoms with Crippen molar-refractivity contribution in [3.63, 3.8) is 0 Å². The van der Waals surface area contributed by atoms with Gasteiger partial charge in [0.05, 0.1) is 17.1 Å². The highest BCUT2D eigenvalue weighted by Gasteiger charge is 2.31. The molecule has 1 N–H and O–H groups in total. The third-order valence-corrected chi connectivity index (χ3v) is 5.41. The van der Waals surface area contributed by atoms with Gasteiger partial charge in [-0.1, -0.05) is 20.8 Å². The first kappa shape index (κ1) is 18.1. The number of hydrogen-bond donors (Lipinski definition) is 1. The van der Waals surface area contributed by atoms with Gasteiger partial charge >= 0.3 is 0 Å². The maximum absolute atomic E-state index is 12.8. The van der Waals surface area contributed by atoms with E-state index in [0.29, 0.717) is 6.61 Å². The zero-order chi connectivity index (χ0) is 17.5. The first-order valence-electron chi connectivity index (χ1n) is 7.92. The molecule has 130 valence electrons. The van der Waals surface area contributed by atoms with Crippen LogP contribution in [0.5, 0.6) is 5.75 Å². The SMILES string of the molecule is CN1CCOc2ccc(S(=O)(=O)NC(C)(C)CC(C)(C)C)cc21. The molecule has 0 fully saturated rings. The summed E-state index contributed by atoms with van der Waals surface area (Å²) < 4.78 is 33.9. The monoisotopic (exact) mass is 340 g/mol. The number of rotatable bonds is 4. The quantitative estimate of drug-likeness (QED) is 0.915. The van der Waals surface area contributed by atoms with E-state index >= 15 is 0 Å². The smallest absolute Gasteiger partial charge is 0.241 e. The van der Waals surface area contributed by atoms with Gasteiger partial charge in [-0.05, 0) is 43.9 Å². The highest BCUT2D eigenvalue weighted by atomic mass is 32.2. The lowest BCUT2D eigenvalue weighted by molar-refractivity contribution is 0.269. The summed E-state index contributed by atoms with van der Waals surface area (Å²) in [6.45, 7) is 11.5. The lowest BCUT2D eigenvalue weighted by atomic mass is 9.82. The Morgan fingerprint density at radius 2 is 1.87 bits per heavy atom. The summed E-state index contributed by atoms with van der Waals surface area (Å²) in [4.78, 5) is 2.29. The number of ether oxygens (including phenoxy) is 1. The van der Waals surface area contributed by atoms with Crippen LogP contribution in [0.15, 0.2) is 23.1 Å². The van der Waals surface area contributed by atoms with Crippen molar-refractivity contribution >= 4 is 15.7 Å². The van der Waals surface area contributed by atoms with Crippen LogP contribution in [0.1, 0.15) is 41.0 Å². The van der Waals surface area contributed by atoms with Gasteiger partial charge in [-0.25, -0.2) is 13.1 Å². The molecule has 1 heterocycles. The molecule has 0 unspecified atom stereocenters. The number of likely N-dealkylation sites (N-methyl/N-ethyl adjacent to an activating group) is 1. The van der Waals surface area contributed by atoms with Crippen molar-refractivity contribution in [2.24, 2.45) is 5.41 Å². The topological polar surface area (TPSA) is 58.6 Å². The average Bonchev–Trinajstić information content (AvgIpc) is 2.34. The second kappa shape index (κ2) is 5.98. The van der Waals surface area contributed by atoms with E-state index in [1.807, 2.05) is 25.8 Å². The summed E-state index contributed by atoms with van der Waals surface area (Å²) in [5.74, 6) is 0.728. The minimum atomic E-state index is -3.58. The summed E-state index contributed by atoms with van der Waals surface area (Å²) in [5.41, 5.74) is 0.332. The van der Waals surface area contributed by atoms with Crippen LogP contribution in [-0.2, 0) is 10.0 Å². The fraction of sp³-hybridized carbons (Fsp3) is 0.647. The summed E-state index contributed by atoms with van der Waals surface area (Å²) in [6.07, 6.45) is 0.743. The molecule has 0 aliphatic carbocycles. The van der Waals surface area contributed by atoms with Crippen molar-refractivity contribution in [2.75, 3.05) is 25.1 Å².